The van der Waals surface area contributed by atoms with Crippen LogP contribution in [0.2, 0.25) is 0 Å². The van der Waals surface area contributed by atoms with Crippen molar-refractivity contribution in [3.8, 4) is 5.75 Å². The van der Waals surface area contributed by atoms with Crippen molar-refractivity contribution in [2.75, 3.05) is 40.1 Å². The van der Waals surface area contributed by atoms with Gasteiger partial charge in [0.1, 0.15) is 19.0 Å². The number of hydrogen-bond donors (Lipinski definition) is 1. The zero-order valence-corrected chi connectivity index (χ0v) is 16.4. The van der Waals surface area contributed by atoms with E-state index in [0.717, 1.165) is 24.2 Å². The molecule has 0 spiro atoms. The van der Waals surface area contributed by atoms with Crippen LogP contribution in [0.5, 0.6) is 5.75 Å². The first-order chi connectivity index (χ1) is 13.8. The van der Waals surface area contributed by atoms with Crippen LogP contribution in [0.25, 0.3) is 0 Å². The molecule has 0 saturated carbocycles. The average molecular weight is 387 g/mol. The van der Waals surface area contributed by atoms with Gasteiger partial charge in [-0.15, -0.1) is 0 Å². The first kappa shape index (κ1) is 21.7. The van der Waals surface area contributed by atoms with Crippen molar-refractivity contribution in [3.05, 3.63) is 65.7 Å². The maximum Gasteiger partial charge on any atom is 0.407 e. The molecule has 0 bridgehead atoms. The van der Waals surface area contributed by atoms with E-state index < -0.39 is 0 Å². The highest BCUT2D eigenvalue weighted by Gasteiger charge is 2.02. The Labute approximate surface area is 166 Å². The molecule has 28 heavy (non-hydrogen) atoms. The number of carbonyl (C=O) groups is 1. The van der Waals surface area contributed by atoms with E-state index in [-0.39, 0.29) is 12.7 Å². The lowest BCUT2D eigenvalue weighted by molar-refractivity contribution is 0.0544. The number of benzene rings is 2. The molecule has 0 aliphatic rings. The number of rotatable bonds is 13. The molecule has 0 fully saturated rings. The average Bonchev–Trinajstić information content (AvgIpc) is 2.74. The standard InChI is InChI=1S/C22H29NO5/c1-25-14-15-26-16-17-27-21-11-9-19(10-12-21)8-5-13-23-22(24)28-18-20-6-3-2-4-7-20/h2-4,6-7,9-12H,5,8,13-18H2,1H3,(H,23,24). The maximum absolute atomic E-state index is 11.7. The fourth-order valence-corrected chi connectivity index (χ4v) is 2.47. The molecule has 0 atom stereocenters. The third-order valence-electron chi connectivity index (χ3n) is 3.98. The molecule has 6 nitrogen and oxygen atoms in total. The third-order valence-corrected chi connectivity index (χ3v) is 3.98. The zero-order valence-electron chi connectivity index (χ0n) is 16.4. The van der Waals surface area contributed by atoms with Crippen LogP contribution in [0, 0.1) is 0 Å². The highest BCUT2D eigenvalue weighted by molar-refractivity contribution is 5.67. The molecule has 0 aliphatic heterocycles. The topological polar surface area (TPSA) is 66.0 Å². The smallest absolute Gasteiger partial charge is 0.407 e. The molecule has 1 amide bonds. The SMILES string of the molecule is COCCOCCOc1ccc(CCCNC(=O)OCc2ccccc2)cc1. The minimum absolute atomic E-state index is 0.283. The normalized spacial score (nSPS) is 10.5. The monoisotopic (exact) mass is 387 g/mol. The van der Waals surface area contributed by atoms with E-state index >= 15 is 0 Å². The molecule has 2 aromatic rings. The fourth-order valence-electron chi connectivity index (χ4n) is 2.47. The highest BCUT2D eigenvalue weighted by Crippen LogP contribution is 2.13. The van der Waals surface area contributed by atoms with Crippen LogP contribution in [0.1, 0.15) is 17.5 Å². The Hall–Kier alpha value is -2.57. The van der Waals surface area contributed by atoms with Gasteiger partial charge < -0.3 is 24.3 Å². The molecule has 0 saturated heterocycles. The summed E-state index contributed by atoms with van der Waals surface area (Å²) in [5, 5.41) is 2.77. The second-order valence-electron chi connectivity index (χ2n) is 6.19. The molecule has 1 N–H and O–H groups in total. The minimum atomic E-state index is -0.389. The van der Waals surface area contributed by atoms with E-state index in [4.69, 9.17) is 18.9 Å². The van der Waals surface area contributed by atoms with Gasteiger partial charge in [0.25, 0.3) is 0 Å². The molecule has 6 heteroatoms. The van der Waals surface area contributed by atoms with Gasteiger partial charge in [0.05, 0.1) is 19.8 Å². The lowest BCUT2D eigenvalue weighted by Crippen LogP contribution is -2.25. The summed E-state index contributed by atoms with van der Waals surface area (Å²) in [7, 11) is 1.65. The summed E-state index contributed by atoms with van der Waals surface area (Å²) < 4.78 is 21.1. The van der Waals surface area contributed by atoms with Gasteiger partial charge in [-0.3, -0.25) is 0 Å². The van der Waals surface area contributed by atoms with E-state index in [0.29, 0.717) is 33.0 Å². The number of aryl methyl sites for hydroxylation is 1. The van der Waals surface area contributed by atoms with E-state index in [9.17, 15) is 4.79 Å². The second-order valence-corrected chi connectivity index (χ2v) is 6.19. The van der Waals surface area contributed by atoms with Crippen molar-refractivity contribution in [2.24, 2.45) is 0 Å². The molecule has 2 rings (SSSR count). The van der Waals surface area contributed by atoms with E-state index in [1.54, 1.807) is 7.11 Å². The Bertz CT molecular complexity index is 660. The molecular formula is C22H29NO5. The molecule has 0 unspecified atom stereocenters. The van der Waals surface area contributed by atoms with Gasteiger partial charge in [0.15, 0.2) is 0 Å². The molecular weight excluding hydrogens is 358 g/mol. The molecule has 0 aliphatic carbocycles. The number of methoxy groups -OCH3 is 1. The molecule has 2 aromatic carbocycles. The van der Waals surface area contributed by atoms with Crippen molar-refractivity contribution in [1.29, 1.82) is 0 Å². The van der Waals surface area contributed by atoms with Gasteiger partial charge >= 0.3 is 6.09 Å². The number of carbonyl (C=O) groups excluding carboxylic acids is 1. The van der Waals surface area contributed by atoms with Gasteiger partial charge in [0.2, 0.25) is 0 Å². The van der Waals surface area contributed by atoms with Crippen molar-refractivity contribution >= 4 is 6.09 Å². The summed E-state index contributed by atoms with van der Waals surface area (Å²) in [4.78, 5) is 11.7. The van der Waals surface area contributed by atoms with Crippen molar-refractivity contribution in [3.63, 3.8) is 0 Å². The number of hydrogen-bond acceptors (Lipinski definition) is 5. The Kier molecular flexibility index (Phi) is 10.5. The largest absolute Gasteiger partial charge is 0.491 e. The summed E-state index contributed by atoms with van der Waals surface area (Å²) in [5.41, 5.74) is 2.17. The van der Waals surface area contributed by atoms with Crippen LogP contribution in [0.4, 0.5) is 4.79 Å². The van der Waals surface area contributed by atoms with Crippen LogP contribution < -0.4 is 10.1 Å². The van der Waals surface area contributed by atoms with Gasteiger partial charge in [-0.1, -0.05) is 42.5 Å². The number of nitrogens with one attached hydrogen (secondary N) is 1. The Balaban J connectivity index is 1.53. The van der Waals surface area contributed by atoms with E-state index in [2.05, 4.69) is 5.32 Å². The van der Waals surface area contributed by atoms with Crippen LogP contribution in [0.15, 0.2) is 54.6 Å². The molecule has 152 valence electrons. The first-order valence-corrected chi connectivity index (χ1v) is 9.51. The summed E-state index contributed by atoms with van der Waals surface area (Å²) >= 11 is 0. The quantitative estimate of drug-likeness (QED) is 0.532. The minimum Gasteiger partial charge on any atom is -0.491 e. The summed E-state index contributed by atoms with van der Waals surface area (Å²) in [6.45, 7) is 3.08. The fraction of sp³-hybridized carbons (Fsp3) is 0.409. The lowest BCUT2D eigenvalue weighted by Gasteiger charge is -2.09. The van der Waals surface area contributed by atoms with Crippen molar-refractivity contribution in [1.82, 2.24) is 5.32 Å². The van der Waals surface area contributed by atoms with Crippen molar-refractivity contribution in [2.45, 2.75) is 19.4 Å². The Morgan fingerprint density at radius 2 is 1.64 bits per heavy atom. The number of alkyl carbamates (subject to hydrolysis) is 1. The van der Waals surface area contributed by atoms with Crippen LogP contribution >= 0.6 is 0 Å². The maximum atomic E-state index is 11.7. The molecule has 0 radical (unpaired) electrons. The molecule has 0 aromatic heterocycles. The lowest BCUT2D eigenvalue weighted by atomic mass is 10.1. The van der Waals surface area contributed by atoms with Gasteiger partial charge in [-0.05, 0) is 36.1 Å². The van der Waals surface area contributed by atoms with Crippen LogP contribution in [-0.2, 0) is 27.2 Å². The zero-order chi connectivity index (χ0) is 19.9. The van der Waals surface area contributed by atoms with E-state index in [1.165, 1.54) is 5.56 Å². The number of ether oxygens (including phenoxy) is 4. The van der Waals surface area contributed by atoms with Crippen LogP contribution in [0.3, 0.4) is 0 Å². The second kappa shape index (κ2) is 13.6. The Morgan fingerprint density at radius 1 is 0.893 bits per heavy atom. The Morgan fingerprint density at radius 3 is 2.39 bits per heavy atom. The first-order valence-electron chi connectivity index (χ1n) is 9.51. The third kappa shape index (κ3) is 9.39. The molecule has 0 heterocycles. The summed E-state index contributed by atoms with van der Waals surface area (Å²) in [5.74, 6) is 0.821. The predicted molar refractivity (Wildman–Crippen MR) is 108 cm³/mol. The van der Waals surface area contributed by atoms with Gasteiger partial charge in [0, 0.05) is 13.7 Å². The van der Waals surface area contributed by atoms with Gasteiger partial charge in [-0.25, -0.2) is 4.79 Å². The van der Waals surface area contributed by atoms with Crippen molar-refractivity contribution < 1.29 is 23.7 Å². The summed E-state index contributed by atoms with van der Waals surface area (Å²) in [6, 6.07) is 17.6. The number of amides is 1. The highest BCUT2D eigenvalue weighted by atomic mass is 16.5. The predicted octanol–water partition coefficient (Wildman–Crippen LogP) is 3.59. The summed E-state index contributed by atoms with van der Waals surface area (Å²) in [6.07, 6.45) is 1.33. The van der Waals surface area contributed by atoms with Gasteiger partial charge in [-0.2, -0.15) is 0 Å². The van der Waals surface area contributed by atoms with E-state index in [1.807, 2.05) is 54.6 Å². The van der Waals surface area contributed by atoms with Crippen LogP contribution in [-0.4, -0.2) is 46.2 Å².